The summed E-state index contributed by atoms with van der Waals surface area (Å²) in [6.45, 7) is 3.69. The Hall–Kier alpha value is -1.13. The molecule has 1 saturated carbocycles. The first-order valence-electron chi connectivity index (χ1n) is 7.36. The highest BCUT2D eigenvalue weighted by atomic mass is 35.5. The molecule has 0 aliphatic heterocycles. The predicted octanol–water partition coefficient (Wildman–Crippen LogP) is 4.52. The lowest BCUT2D eigenvalue weighted by molar-refractivity contribution is 0.106. The molecule has 0 spiro atoms. The van der Waals surface area contributed by atoms with E-state index in [-0.39, 0.29) is 17.3 Å². The number of benzene rings is 1. The van der Waals surface area contributed by atoms with Crippen LogP contribution in [0, 0.1) is 12.7 Å². The number of halogens is 2. The molecule has 0 amide bonds. The van der Waals surface area contributed by atoms with E-state index in [2.05, 4.69) is 9.55 Å². The van der Waals surface area contributed by atoms with E-state index in [9.17, 15) is 4.39 Å². The number of hydrogen-bond donors (Lipinski definition) is 0. The van der Waals surface area contributed by atoms with Crippen LogP contribution >= 0.6 is 11.6 Å². The van der Waals surface area contributed by atoms with E-state index in [1.54, 1.807) is 14.0 Å². The van der Waals surface area contributed by atoms with Gasteiger partial charge in [-0.25, -0.2) is 9.37 Å². The maximum absolute atomic E-state index is 13.8. The van der Waals surface area contributed by atoms with E-state index >= 15 is 0 Å². The Labute approximate surface area is 129 Å². The van der Waals surface area contributed by atoms with Crippen LogP contribution in [0.15, 0.2) is 12.1 Å². The average molecular weight is 311 g/mol. The van der Waals surface area contributed by atoms with Gasteiger partial charge in [-0.1, -0.05) is 0 Å². The first-order valence-corrected chi connectivity index (χ1v) is 7.79. The second-order valence-electron chi connectivity index (χ2n) is 5.87. The lowest BCUT2D eigenvalue weighted by atomic mass is 10.2. The second kappa shape index (κ2) is 5.58. The van der Waals surface area contributed by atoms with Gasteiger partial charge in [-0.15, -0.1) is 11.6 Å². The van der Waals surface area contributed by atoms with Gasteiger partial charge in [-0.3, -0.25) is 0 Å². The zero-order valence-corrected chi connectivity index (χ0v) is 13.3. The van der Waals surface area contributed by atoms with Gasteiger partial charge in [-0.05, 0) is 44.7 Å². The number of alkyl halides is 1. The molecule has 1 aliphatic carbocycles. The van der Waals surface area contributed by atoms with Crippen LogP contribution in [0.25, 0.3) is 11.0 Å². The highest BCUT2D eigenvalue weighted by molar-refractivity contribution is 6.20. The summed E-state index contributed by atoms with van der Waals surface area (Å²) in [6, 6.07) is 3.70. The summed E-state index contributed by atoms with van der Waals surface area (Å²) >= 11 is 6.30. The van der Waals surface area contributed by atoms with Crippen LogP contribution in [0.3, 0.4) is 0 Å². The average Bonchev–Trinajstić information content (AvgIpc) is 3.03. The molecule has 3 rings (SSSR count). The molecule has 3 nitrogen and oxygen atoms in total. The summed E-state index contributed by atoms with van der Waals surface area (Å²) in [5.41, 5.74) is 2.29. The fraction of sp³-hybridized carbons (Fsp3) is 0.562. The maximum atomic E-state index is 13.8. The fourth-order valence-corrected chi connectivity index (χ4v) is 3.42. The van der Waals surface area contributed by atoms with Gasteiger partial charge in [0.2, 0.25) is 0 Å². The first kappa shape index (κ1) is 14.8. The molecule has 0 saturated heterocycles. The van der Waals surface area contributed by atoms with Gasteiger partial charge in [-0.2, -0.15) is 0 Å². The van der Waals surface area contributed by atoms with E-state index in [4.69, 9.17) is 16.3 Å². The van der Waals surface area contributed by atoms with E-state index in [0.29, 0.717) is 17.1 Å². The molecular weight excluding hydrogens is 291 g/mol. The smallest absolute Gasteiger partial charge is 0.128 e. The number of fused-ring (bicyclic) bond motifs is 1. The Morgan fingerprint density at radius 1 is 1.43 bits per heavy atom. The first-order chi connectivity index (χ1) is 10.0. The molecule has 1 aliphatic rings. The molecule has 3 unspecified atom stereocenters. The molecule has 0 bridgehead atoms. The largest absolute Gasteiger partial charge is 0.381 e. The molecule has 1 heterocycles. The van der Waals surface area contributed by atoms with Crippen molar-refractivity contribution in [2.45, 2.75) is 50.6 Å². The molecule has 0 N–H and O–H groups in total. The molecule has 5 heteroatoms. The number of imidazole rings is 1. The number of aryl methyl sites for hydroxylation is 1. The SMILES string of the molecule is COC1CCC(n2c(C(C)Cl)nc3cc(F)c(C)cc32)C1. The summed E-state index contributed by atoms with van der Waals surface area (Å²) in [6.07, 6.45) is 3.32. The predicted molar refractivity (Wildman–Crippen MR) is 82.4 cm³/mol. The molecule has 2 aromatic rings. The molecule has 114 valence electrons. The zero-order chi connectivity index (χ0) is 15.1. The summed E-state index contributed by atoms with van der Waals surface area (Å²) < 4.78 is 21.4. The van der Waals surface area contributed by atoms with Crippen molar-refractivity contribution >= 4 is 22.6 Å². The van der Waals surface area contributed by atoms with Gasteiger partial charge in [0.15, 0.2) is 0 Å². The summed E-state index contributed by atoms with van der Waals surface area (Å²) in [5.74, 6) is 0.598. The van der Waals surface area contributed by atoms with Crippen molar-refractivity contribution in [1.82, 2.24) is 9.55 Å². The van der Waals surface area contributed by atoms with E-state index < -0.39 is 0 Å². The van der Waals surface area contributed by atoms with Gasteiger partial charge < -0.3 is 9.30 Å². The third-order valence-corrected chi connectivity index (χ3v) is 4.60. The van der Waals surface area contributed by atoms with Crippen LogP contribution in [0.4, 0.5) is 4.39 Å². The molecule has 3 atom stereocenters. The van der Waals surface area contributed by atoms with Crippen molar-refractivity contribution in [3.8, 4) is 0 Å². The minimum atomic E-state index is -0.220. The molecule has 1 aromatic carbocycles. The van der Waals surface area contributed by atoms with Crippen LogP contribution in [-0.4, -0.2) is 22.8 Å². The minimum Gasteiger partial charge on any atom is -0.381 e. The van der Waals surface area contributed by atoms with Crippen molar-refractivity contribution in [2.24, 2.45) is 0 Å². The third-order valence-electron chi connectivity index (χ3n) is 4.41. The highest BCUT2D eigenvalue weighted by Gasteiger charge is 2.30. The van der Waals surface area contributed by atoms with Crippen molar-refractivity contribution in [2.75, 3.05) is 7.11 Å². The number of aromatic nitrogens is 2. The summed E-state index contributed by atoms with van der Waals surface area (Å²) in [4.78, 5) is 4.56. The van der Waals surface area contributed by atoms with Crippen molar-refractivity contribution in [1.29, 1.82) is 0 Å². The number of rotatable bonds is 3. The molecule has 21 heavy (non-hydrogen) atoms. The van der Waals surface area contributed by atoms with Gasteiger partial charge in [0.1, 0.15) is 11.6 Å². The standard InChI is InChI=1S/C16H20ClFN2O/c1-9-6-15-14(8-13(9)18)19-16(10(2)17)20(15)11-4-5-12(7-11)21-3/h6,8,10-12H,4-5,7H2,1-3H3. The molecular formula is C16H20ClFN2O. The number of hydrogen-bond acceptors (Lipinski definition) is 2. The van der Waals surface area contributed by atoms with E-state index in [1.807, 2.05) is 13.0 Å². The number of methoxy groups -OCH3 is 1. The summed E-state index contributed by atoms with van der Waals surface area (Å²) in [5, 5.41) is -0.206. The lowest BCUT2D eigenvalue weighted by Gasteiger charge is -2.18. The van der Waals surface area contributed by atoms with Gasteiger partial charge >= 0.3 is 0 Å². The number of nitrogens with zero attached hydrogens (tertiary/aromatic N) is 2. The monoisotopic (exact) mass is 310 g/mol. The van der Waals surface area contributed by atoms with Crippen LogP contribution in [0.2, 0.25) is 0 Å². The maximum Gasteiger partial charge on any atom is 0.128 e. The third kappa shape index (κ3) is 2.55. The topological polar surface area (TPSA) is 27.1 Å². The Bertz CT molecular complexity index is 668. The van der Waals surface area contributed by atoms with Crippen LogP contribution in [0.5, 0.6) is 0 Å². The minimum absolute atomic E-state index is 0.206. The quantitative estimate of drug-likeness (QED) is 0.779. The Balaban J connectivity index is 2.14. The second-order valence-corrected chi connectivity index (χ2v) is 6.53. The van der Waals surface area contributed by atoms with E-state index in [0.717, 1.165) is 30.6 Å². The Morgan fingerprint density at radius 2 is 2.19 bits per heavy atom. The van der Waals surface area contributed by atoms with Gasteiger partial charge in [0.25, 0.3) is 0 Å². The zero-order valence-electron chi connectivity index (χ0n) is 12.6. The van der Waals surface area contributed by atoms with Gasteiger partial charge in [0.05, 0.1) is 22.5 Å². The Morgan fingerprint density at radius 3 is 2.81 bits per heavy atom. The van der Waals surface area contributed by atoms with Crippen molar-refractivity contribution in [3.63, 3.8) is 0 Å². The lowest BCUT2D eigenvalue weighted by Crippen LogP contribution is -2.12. The number of ether oxygens (including phenoxy) is 1. The van der Waals surface area contributed by atoms with Crippen LogP contribution in [0.1, 0.15) is 49.0 Å². The highest BCUT2D eigenvalue weighted by Crippen LogP contribution is 2.38. The normalized spacial score (nSPS) is 23.9. The summed E-state index contributed by atoms with van der Waals surface area (Å²) in [7, 11) is 1.75. The molecule has 0 radical (unpaired) electrons. The molecule has 1 fully saturated rings. The van der Waals surface area contributed by atoms with Gasteiger partial charge in [0, 0.05) is 19.2 Å². The van der Waals surface area contributed by atoms with E-state index in [1.165, 1.54) is 6.07 Å². The van der Waals surface area contributed by atoms with Crippen molar-refractivity contribution < 1.29 is 9.13 Å². The van der Waals surface area contributed by atoms with Crippen LogP contribution < -0.4 is 0 Å². The fourth-order valence-electron chi connectivity index (χ4n) is 3.27. The van der Waals surface area contributed by atoms with Crippen molar-refractivity contribution in [3.05, 3.63) is 29.3 Å². The Kier molecular flexibility index (Phi) is 3.93. The molecule has 1 aromatic heterocycles. The van der Waals surface area contributed by atoms with Crippen LogP contribution in [-0.2, 0) is 4.74 Å².